The molecule has 0 saturated carbocycles. The van der Waals surface area contributed by atoms with Crippen LogP contribution in [-0.4, -0.2) is 24.8 Å². The van der Waals surface area contributed by atoms with Gasteiger partial charge in [0.2, 0.25) is 5.91 Å². The lowest BCUT2D eigenvalue weighted by Gasteiger charge is -2.16. The fraction of sp³-hybridized carbons (Fsp3) is 0.357. The summed E-state index contributed by atoms with van der Waals surface area (Å²) in [6.07, 6.45) is -4.97. The van der Waals surface area contributed by atoms with E-state index in [0.717, 1.165) is 20.1 Å². The van der Waals surface area contributed by atoms with Crippen LogP contribution < -0.4 is 5.32 Å². The lowest BCUT2D eigenvalue weighted by atomic mass is 9.97. The average molecular weight is 317 g/mol. The first-order valence-corrected chi connectivity index (χ1v) is 6.26. The number of carbonyl (C=O) groups is 3. The summed E-state index contributed by atoms with van der Waals surface area (Å²) in [5.74, 6) is -2.39. The molecule has 0 unspecified atom stereocenters. The maximum atomic E-state index is 13.1. The number of carbonyl (C=O) groups excluding carboxylic acids is 3. The predicted octanol–water partition coefficient (Wildman–Crippen LogP) is 3.04. The fourth-order valence-corrected chi connectivity index (χ4v) is 1.83. The first-order chi connectivity index (χ1) is 10.1. The summed E-state index contributed by atoms with van der Waals surface area (Å²) in [5, 5.41) is 2.13. The van der Waals surface area contributed by atoms with Gasteiger partial charge in [-0.05, 0) is 12.1 Å². The third kappa shape index (κ3) is 3.84. The molecule has 0 aliphatic rings. The van der Waals surface area contributed by atoms with Gasteiger partial charge in [-0.15, -0.1) is 0 Å². The monoisotopic (exact) mass is 317 g/mol. The summed E-state index contributed by atoms with van der Waals surface area (Å²) in [6, 6.07) is 1.36. The van der Waals surface area contributed by atoms with Crippen molar-refractivity contribution in [2.75, 3.05) is 12.4 Å². The Morgan fingerprint density at radius 2 is 1.77 bits per heavy atom. The minimum absolute atomic E-state index is 0.164. The van der Waals surface area contributed by atoms with E-state index in [0.29, 0.717) is 6.07 Å². The number of amides is 1. The third-order valence-electron chi connectivity index (χ3n) is 2.80. The molecule has 0 atom stereocenters. The Kier molecular flexibility index (Phi) is 5.29. The molecular weight excluding hydrogens is 303 g/mol. The van der Waals surface area contributed by atoms with E-state index in [-0.39, 0.29) is 17.7 Å². The van der Waals surface area contributed by atoms with Crippen LogP contribution in [0.15, 0.2) is 12.1 Å². The zero-order valence-corrected chi connectivity index (χ0v) is 12.1. The molecule has 0 aromatic heterocycles. The molecule has 1 N–H and O–H groups in total. The molecule has 22 heavy (non-hydrogen) atoms. The first kappa shape index (κ1) is 17.7. The molecule has 0 aliphatic heterocycles. The lowest BCUT2D eigenvalue weighted by molar-refractivity contribution is -0.138. The van der Waals surface area contributed by atoms with Crippen LogP contribution >= 0.6 is 0 Å². The summed E-state index contributed by atoms with van der Waals surface area (Å²) in [6.45, 7) is 2.49. The van der Waals surface area contributed by atoms with Gasteiger partial charge in [-0.3, -0.25) is 9.59 Å². The van der Waals surface area contributed by atoms with Crippen LogP contribution in [0.5, 0.6) is 0 Å². The molecule has 0 aliphatic carbocycles. The number of ether oxygens (including phenoxy) is 1. The molecule has 1 rings (SSSR count). The SMILES string of the molecule is CCC(=O)c1cc(C(=O)OC)c(NC(C)=O)cc1C(F)(F)F. The normalized spacial score (nSPS) is 11.0. The standard InChI is InChI=1S/C14H14F3NO4/c1-4-12(20)8-5-9(13(21)22-3)11(18-7(2)19)6-10(8)14(15,16)17/h5-6H,4H2,1-3H3,(H,18,19). The summed E-state index contributed by atoms with van der Waals surface area (Å²) in [4.78, 5) is 34.5. The molecule has 0 saturated heterocycles. The van der Waals surface area contributed by atoms with Gasteiger partial charge in [0.1, 0.15) is 0 Å². The number of benzene rings is 1. The van der Waals surface area contributed by atoms with E-state index in [1.165, 1.54) is 6.92 Å². The van der Waals surface area contributed by atoms with Crippen molar-refractivity contribution in [3.8, 4) is 0 Å². The van der Waals surface area contributed by atoms with Crippen LogP contribution in [0.3, 0.4) is 0 Å². The summed E-state index contributed by atoms with van der Waals surface area (Å²) < 4.78 is 43.8. The number of hydrogen-bond donors (Lipinski definition) is 1. The highest BCUT2D eigenvalue weighted by Crippen LogP contribution is 2.36. The molecule has 1 aromatic carbocycles. The molecule has 0 bridgehead atoms. The van der Waals surface area contributed by atoms with Crippen LogP contribution in [0, 0.1) is 0 Å². The predicted molar refractivity (Wildman–Crippen MR) is 71.7 cm³/mol. The van der Waals surface area contributed by atoms with Crippen molar-refractivity contribution in [1.82, 2.24) is 0 Å². The second-order valence-electron chi connectivity index (χ2n) is 4.39. The number of rotatable bonds is 4. The van der Waals surface area contributed by atoms with Crippen LogP contribution in [0.4, 0.5) is 18.9 Å². The summed E-state index contributed by atoms with van der Waals surface area (Å²) in [5.41, 5.74) is -2.53. The van der Waals surface area contributed by atoms with Gasteiger partial charge in [0.05, 0.1) is 23.9 Å². The largest absolute Gasteiger partial charge is 0.465 e. The number of methoxy groups -OCH3 is 1. The Balaban J connectivity index is 3.67. The van der Waals surface area contributed by atoms with Crippen molar-refractivity contribution >= 4 is 23.3 Å². The quantitative estimate of drug-likeness (QED) is 0.684. The second kappa shape index (κ2) is 6.59. The number of esters is 1. The summed E-state index contributed by atoms with van der Waals surface area (Å²) in [7, 11) is 1.04. The molecule has 5 nitrogen and oxygen atoms in total. The van der Waals surface area contributed by atoms with Crippen molar-refractivity contribution in [2.45, 2.75) is 26.4 Å². The molecule has 1 amide bonds. The highest BCUT2D eigenvalue weighted by molar-refractivity contribution is 6.05. The van der Waals surface area contributed by atoms with Crippen molar-refractivity contribution in [2.24, 2.45) is 0 Å². The Morgan fingerprint density at radius 1 is 1.18 bits per heavy atom. The highest BCUT2D eigenvalue weighted by Gasteiger charge is 2.36. The Morgan fingerprint density at radius 3 is 2.18 bits per heavy atom. The van der Waals surface area contributed by atoms with Gasteiger partial charge >= 0.3 is 12.1 Å². The van der Waals surface area contributed by atoms with Gasteiger partial charge in [0.25, 0.3) is 0 Å². The minimum atomic E-state index is -4.80. The first-order valence-electron chi connectivity index (χ1n) is 6.26. The minimum Gasteiger partial charge on any atom is -0.465 e. The van der Waals surface area contributed by atoms with Crippen molar-refractivity contribution in [3.63, 3.8) is 0 Å². The van der Waals surface area contributed by atoms with Gasteiger partial charge in [-0.2, -0.15) is 13.2 Å². The fourth-order valence-electron chi connectivity index (χ4n) is 1.83. The van der Waals surface area contributed by atoms with Crippen molar-refractivity contribution < 1.29 is 32.3 Å². The van der Waals surface area contributed by atoms with Gasteiger partial charge < -0.3 is 10.1 Å². The van der Waals surface area contributed by atoms with E-state index in [9.17, 15) is 27.6 Å². The maximum Gasteiger partial charge on any atom is 0.417 e. The van der Waals surface area contributed by atoms with Gasteiger partial charge in [-0.25, -0.2) is 4.79 Å². The molecule has 1 aromatic rings. The van der Waals surface area contributed by atoms with E-state index in [1.807, 2.05) is 0 Å². The van der Waals surface area contributed by atoms with E-state index in [4.69, 9.17) is 0 Å². The molecular formula is C14H14F3NO4. The molecule has 0 spiro atoms. The van der Waals surface area contributed by atoms with Crippen LogP contribution in [0.25, 0.3) is 0 Å². The molecule has 0 heterocycles. The molecule has 8 heteroatoms. The number of Topliss-reactive ketones (excluding diaryl/α,β-unsaturated/α-hetero) is 1. The number of anilines is 1. The Hall–Kier alpha value is -2.38. The van der Waals surface area contributed by atoms with Gasteiger partial charge in [0.15, 0.2) is 5.78 Å². The zero-order valence-electron chi connectivity index (χ0n) is 12.1. The van der Waals surface area contributed by atoms with E-state index < -0.39 is 35.0 Å². The number of nitrogens with one attached hydrogen (secondary N) is 1. The Bertz CT molecular complexity index is 623. The second-order valence-corrected chi connectivity index (χ2v) is 4.39. The number of alkyl halides is 3. The van der Waals surface area contributed by atoms with Crippen molar-refractivity contribution in [3.05, 3.63) is 28.8 Å². The highest BCUT2D eigenvalue weighted by atomic mass is 19.4. The third-order valence-corrected chi connectivity index (χ3v) is 2.80. The van der Waals surface area contributed by atoms with Gasteiger partial charge in [-0.1, -0.05) is 6.92 Å². The van der Waals surface area contributed by atoms with Crippen LogP contribution in [0.2, 0.25) is 0 Å². The van der Waals surface area contributed by atoms with Crippen LogP contribution in [0.1, 0.15) is 46.5 Å². The van der Waals surface area contributed by atoms with Gasteiger partial charge in [0, 0.05) is 18.9 Å². The maximum absolute atomic E-state index is 13.1. The van der Waals surface area contributed by atoms with Crippen molar-refractivity contribution in [1.29, 1.82) is 0 Å². The number of halogens is 3. The smallest absolute Gasteiger partial charge is 0.417 e. The van der Waals surface area contributed by atoms with Crippen LogP contribution in [-0.2, 0) is 15.7 Å². The number of hydrogen-bond acceptors (Lipinski definition) is 4. The van der Waals surface area contributed by atoms with E-state index >= 15 is 0 Å². The topological polar surface area (TPSA) is 72.5 Å². The zero-order chi connectivity index (χ0) is 17.1. The molecule has 120 valence electrons. The van der Waals surface area contributed by atoms with E-state index in [2.05, 4.69) is 10.1 Å². The Labute approximate surface area is 124 Å². The molecule has 0 radical (unpaired) electrons. The number of ketones is 1. The lowest BCUT2D eigenvalue weighted by Crippen LogP contribution is -2.18. The summed E-state index contributed by atoms with van der Waals surface area (Å²) >= 11 is 0. The van der Waals surface area contributed by atoms with E-state index in [1.54, 1.807) is 0 Å². The average Bonchev–Trinajstić information content (AvgIpc) is 2.43. The molecule has 0 fully saturated rings.